The number of aryl methyl sites for hydroxylation is 1. The summed E-state index contributed by atoms with van der Waals surface area (Å²) in [5.74, 6) is -1.80. The number of nitrogens with zero attached hydrogens (tertiary/aromatic N) is 6. The number of aliphatic carboxylic acids is 1. The number of nitrogens with two attached hydrogens (primary N) is 2. The quantitative estimate of drug-likeness (QED) is 0.0306. The molecule has 2 atom stereocenters. The number of carbonyl (C=O) groups is 3. The van der Waals surface area contributed by atoms with Gasteiger partial charge in [-0.1, -0.05) is 22.3 Å². The van der Waals surface area contributed by atoms with E-state index >= 15 is 0 Å². The summed E-state index contributed by atoms with van der Waals surface area (Å²) in [6, 6.07) is 5.55. The molecule has 20 nitrogen and oxygen atoms in total. The number of carboxylic acids is 1. The van der Waals surface area contributed by atoms with E-state index in [1.54, 1.807) is 30.5 Å². The van der Waals surface area contributed by atoms with Crippen LogP contribution in [0.3, 0.4) is 0 Å². The Hall–Kier alpha value is -5.00. The van der Waals surface area contributed by atoms with E-state index in [1.165, 1.54) is 19.2 Å². The van der Waals surface area contributed by atoms with Crippen molar-refractivity contribution in [2.45, 2.75) is 31.5 Å². The number of nitrogen functional groups attached to an aromatic ring is 1. The van der Waals surface area contributed by atoms with Crippen LogP contribution in [0, 0.1) is 5.92 Å². The summed E-state index contributed by atoms with van der Waals surface area (Å²) < 4.78 is 43.2. The first kappa shape index (κ1) is 38.2. The van der Waals surface area contributed by atoms with Crippen molar-refractivity contribution in [3.63, 3.8) is 0 Å². The predicted molar refractivity (Wildman–Crippen MR) is 185 cm³/mol. The van der Waals surface area contributed by atoms with Crippen molar-refractivity contribution in [2.24, 2.45) is 23.9 Å². The molecule has 0 spiro atoms. The molecule has 0 aliphatic carbocycles. The lowest BCUT2D eigenvalue weighted by atomic mass is 9.84. The van der Waals surface area contributed by atoms with E-state index in [-0.39, 0.29) is 10.8 Å². The third-order valence-corrected chi connectivity index (χ3v) is 9.24. The van der Waals surface area contributed by atoms with Crippen LogP contribution in [0.1, 0.15) is 19.5 Å². The van der Waals surface area contributed by atoms with Crippen LogP contribution in [0.4, 0.5) is 11.1 Å². The fourth-order valence-electron chi connectivity index (χ4n) is 5.39. The van der Waals surface area contributed by atoms with Gasteiger partial charge in [0.25, 0.3) is 17.9 Å². The molecule has 280 valence electrons. The molecule has 2 aromatic heterocycles. The zero-order chi connectivity index (χ0) is 37.8. The molecule has 2 aliphatic rings. The van der Waals surface area contributed by atoms with Crippen LogP contribution in [-0.4, -0.2) is 114 Å². The molecule has 0 radical (unpaired) electrons. The number of benzene rings is 1. The Morgan fingerprint density at radius 3 is 2.52 bits per heavy atom. The maximum Gasteiger partial charge on any atom is 0.418 e. The number of anilines is 2. The van der Waals surface area contributed by atoms with Gasteiger partial charge >= 0.3 is 22.3 Å². The van der Waals surface area contributed by atoms with Crippen LogP contribution in [0.15, 0.2) is 47.2 Å². The van der Waals surface area contributed by atoms with Crippen molar-refractivity contribution in [1.29, 1.82) is 0 Å². The molecule has 52 heavy (non-hydrogen) atoms. The first-order valence-electron chi connectivity index (χ1n) is 15.8. The number of nitrogens with one attached hydrogen (secondary N) is 2. The van der Waals surface area contributed by atoms with Gasteiger partial charge in [-0.25, -0.2) is 14.3 Å². The number of hydrogen-bond donors (Lipinski definition) is 6. The van der Waals surface area contributed by atoms with Crippen molar-refractivity contribution in [1.82, 2.24) is 25.7 Å². The Labute approximate surface area is 302 Å². The lowest BCUT2D eigenvalue weighted by molar-refractivity contribution is -0.661. The van der Waals surface area contributed by atoms with E-state index in [0.29, 0.717) is 29.8 Å². The summed E-state index contributed by atoms with van der Waals surface area (Å²) in [6.07, 6.45) is 2.04. The standard InChI is InChI=1S/C30H38N10O10S2/c1-30(2)24(26(42)40(30)50-52(45,46)47)36-25(41)23(21-16-51-28(32)35-21)37-49-22(27(43)44)15-48-20-6-4-18(5-7-20)19-12-34-29(38(3)14-19)39(9-8-31)13-17-10-33-11-17/h4-7,12,14,16-17,22,24,33H,8-11,13,15,31H2,1-3H3,(H4-,32,35,36,41,43,44,45,46,47)/p+1/b37-23-/t22-,24?/m0/s1. The van der Waals surface area contributed by atoms with Gasteiger partial charge in [-0.2, -0.15) is 13.5 Å². The van der Waals surface area contributed by atoms with E-state index in [0.717, 1.165) is 48.0 Å². The van der Waals surface area contributed by atoms with E-state index in [4.69, 9.17) is 30.6 Å². The highest BCUT2D eigenvalue weighted by Crippen LogP contribution is 2.33. The zero-order valence-corrected chi connectivity index (χ0v) is 30.0. The van der Waals surface area contributed by atoms with E-state index in [2.05, 4.69) is 30.0 Å². The second kappa shape index (κ2) is 15.7. The molecular weight excluding hydrogens is 725 g/mol. The van der Waals surface area contributed by atoms with Gasteiger partial charge in [-0.3, -0.25) is 19.0 Å². The number of thiazole rings is 1. The number of carbonyl (C=O) groups excluding carboxylic acids is 2. The van der Waals surface area contributed by atoms with Gasteiger partial charge in [-0.15, -0.1) is 15.6 Å². The van der Waals surface area contributed by atoms with E-state index < -0.39 is 58.2 Å². The summed E-state index contributed by atoms with van der Waals surface area (Å²) in [5.41, 5.74) is 11.2. The van der Waals surface area contributed by atoms with Gasteiger partial charge in [0.2, 0.25) is 0 Å². The largest absolute Gasteiger partial charge is 0.489 e. The Balaban J connectivity index is 1.24. The van der Waals surface area contributed by atoms with Crippen LogP contribution in [-0.2, 0) is 41.0 Å². The Morgan fingerprint density at radius 1 is 1.27 bits per heavy atom. The van der Waals surface area contributed by atoms with Gasteiger partial charge in [0.05, 0.1) is 31.9 Å². The summed E-state index contributed by atoms with van der Waals surface area (Å²) in [5, 5.41) is 21.0. The first-order chi connectivity index (χ1) is 24.6. The molecule has 2 amide bonds. The number of hydroxylamine groups is 2. The molecule has 0 bridgehead atoms. The van der Waals surface area contributed by atoms with Crippen LogP contribution >= 0.6 is 11.3 Å². The number of β-lactam (4-membered cyclic amide) rings is 1. The number of rotatable bonds is 17. The van der Waals surface area contributed by atoms with Crippen molar-refractivity contribution in [2.75, 3.05) is 50.0 Å². The fraction of sp³-hybridized carbons (Fsp3) is 0.433. The summed E-state index contributed by atoms with van der Waals surface area (Å²) >= 11 is 0.958. The lowest BCUT2D eigenvalue weighted by Gasteiger charge is -2.50. The lowest BCUT2D eigenvalue weighted by Crippen LogP contribution is -2.76. The maximum atomic E-state index is 13.3. The SMILES string of the molecule is C[n+]1cc(-c2ccc(OC[C@H](O/N=C(\C(=O)NC3C(=O)N(OS(=O)(=O)O)C3(C)C)c3csc(N)n3)C(=O)O)cc2)cnc1N(CCN)CC1CNC1. The molecule has 0 saturated carbocycles. The second-order valence-corrected chi connectivity index (χ2v) is 14.4. The molecule has 1 unspecified atom stereocenters. The second-order valence-electron chi connectivity index (χ2n) is 12.5. The monoisotopic (exact) mass is 763 g/mol. The number of oxime groups is 1. The minimum atomic E-state index is -5.02. The van der Waals surface area contributed by atoms with Crippen molar-refractivity contribution >= 4 is 56.3 Å². The molecule has 2 fully saturated rings. The predicted octanol–water partition coefficient (Wildman–Crippen LogP) is -1.31. The molecule has 4 heterocycles. The normalized spacial score (nSPS) is 17.9. The number of aromatic nitrogens is 3. The molecule has 3 aromatic rings. The highest BCUT2D eigenvalue weighted by atomic mass is 32.3. The van der Waals surface area contributed by atoms with Crippen molar-refractivity contribution < 1.29 is 50.9 Å². The number of ether oxygens (including phenoxy) is 1. The Kier molecular flexibility index (Phi) is 11.6. The van der Waals surface area contributed by atoms with E-state index in [1.807, 2.05) is 17.8 Å². The number of amides is 2. The summed E-state index contributed by atoms with van der Waals surface area (Å²) in [6.45, 7) is 6.18. The van der Waals surface area contributed by atoms with Crippen molar-refractivity contribution in [3.8, 4) is 16.9 Å². The third kappa shape index (κ3) is 8.89. The van der Waals surface area contributed by atoms with Crippen LogP contribution in [0.25, 0.3) is 11.1 Å². The average molecular weight is 764 g/mol. The summed E-state index contributed by atoms with van der Waals surface area (Å²) in [7, 11) is -3.11. The molecule has 1 aromatic carbocycles. The molecule has 22 heteroatoms. The molecule has 5 rings (SSSR count). The average Bonchev–Trinajstić information content (AvgIpc) is 3.50. The van der Waals surface area contributed by atoms with Gasteiger partial charge in [0.15, 0.2) is 10.8 Å². The number of carboxylic acid groups (broad SMARTS) is 1. The minimum Gasteiger partial charge on any atom is -0.489 e. The smallest absolute Gasteiger partial charge is 0.418 e. The highest BCUT2D eigenvalue weighted by Gasteiger charge is 2.58. The van der Waals surface area contributed by atoms with Crippen LogP contribution < -0.4 is 36.3 Å². The van der Waals surface area contributed by atoms with Crippen LogP contribution in [0.2, 0.25) is 0 Å². The Bertz CT molecular complexity index is 1940. The summed E-state index contributed by atoms with van der Waals surface area (Å²) in [4.78, 5) is 54.0. The fourth-order valence-corrected chi connectivity index (χ4v) is 6.39. The van der Waals surface area contributed by atoms with Gasteiger partial charge in [-0.05, 0) is 31.5 Å². The first-order valence-corrected chi connectivity index (χ1v) is 18.1. The minimum absolute atomic E-state index is 0.0561. The highest BCUT2D eigenvalue weighted by molar-refractivity contribution is 7.80. The van der Waals surface area contributed by atoms with Gasteiger partial charge in [0.1, 0.15) is 30.3 Å². The third-order valence-electron chi connectivity index (χ3n) is 8.23. The molecule has 8 N–H and O–H groups in total. The van der Waals surface area contributed by atoms with Crippen molar-refractivity contribution in [3.05, 3.63) is 47.7 Å². The molecular formula is C30H39N10O10S2+. The number of hydrogen-bond acceptors (Lipinski definition) is 16. The van der Waals surface area contributed by atoms with Crippen LogP contribution in [0.5, 0.6) is 5.75 Å². The molecule has 2 aliphatic heterocycles. The molecule has 2 saturated heterocycles. The maximum absolute atomic E-state index is 13.3. The van der Waals surface area contributed by atoms with E-state index in [9.17, 15) is 27.9 Å². The Morgan fingerprint density at radius 2 is 1.98 bits per heavy atom. The van der Waals surface area contributed by atoms with Gasteiger partial charge in [0, 0.05) is 36.5 Å². The topological polar surface area (TPSA) is 278 Å². The zero-order valence-electron chi connectivity index (χ0n) is 28.3. The van der Waals surface area contributed by atoms with Gasteiger partial charge < -0.3 is 36.8 Å².